The molecule has 0 amide bonds. The highest BCUT2D eigenvalue weighted by Crippen LogP contribution is 2.39. The summed E-state index contributed by atoms with van der Waals surface area (Å²) >= 11 is 0. The second-order valence-electron chi connectivity index (χ2n) is 6.83. The third-order valence-corrected chi connectivity index (χ3v) is 4.75. The summed E-state index contributed by atoms with van der Waals surface area (Å²) in [5.41, 5.74) is 1.54. The zero-order valence-corrected chi connectivity index (χ0v) is 13.0. The molecule has 0 bridgehead atoms. The summed E-state index contributed by atoms with van der Waals surface area (Å²) in [6.45, 7) is 4.77. The van der Waals surface area contributed by atoms with Crippen molar-refractivity contribution in [2.24, 2.45) is 11.3 Å². The Morgan fingerprint density at radius 1 is 1.30 bits per heavy atom. The maximum Gasteiger partial charge on any atom is 0.0499 e. The van der Waals surface area contributed by atoms with Gasteiger partial charge in [0.05, 0.1) is 0 Å². The summed E-state index contributed by atoms with van der Waals surface area (Å²) in [6.07, 6.45) is 6.06. The van der Waals surface area contributed by atoms with Gasteiger partial charge >= 0.3 is 0 Å². The van der Waals surface area contributed by atoms with Gasteiger partial charge in [-0.05, 0) is 37.8 Å². The van der Waals surface area contributed by atoms with Gasteiger partial charge in [-0.1, -0.05) is 50.1 Å². The highest BCUT2D eigenvalue weighted by Gasteiger charge is 2.35. The first-order valence-electron chi connectivity index (χ1n) is 7.97. The molecule has 2 rings (SSSR count). The van der Waals surface area contributed by atoms with Gasteiger partial charge in [0.1, 0.15) is 0 Å². The summed E-state index contributed by atoms with van der Waals surface area (Å²) in [7, 11) is 2.19. The fraction of sp³-hybridized carbons (Fsp3) is 0.667. The van der Waals surface area contributed by atoms with Gasteiger partial charge in [-0.2, -0.15) is 0 Å². The topological polar surface area (TPSA) is 23.5 Å². The Kier molecular flexibility index (Phi) is 5.62. The van der Waals surface area contributed by atoms with Gasteiger partial charge < -0.3 is 10.0 Å². The van der Waals surface area contributed by atoms with Crippen LogP contribution < -0.4 is 0 Å². The van der Waals surface area contributed by atoms with Gasteiger partial charge in [-0.15, -0.1) is 0 Å². The van der Waals surface area contributed by atoms with Gasteiger partial charge in [-0.3, -0.25) is 0 Å². The van der Waals surface area contributed by atoms with E-state index in [9.17, 15) is 5.11 Å². The first kappa shape index (κ1) is 15.5. The number of aliphatic hydroxyl groups excluding tert-OH is 1. The average molecular weight is 275 g/mol. The molecule has 112 valence electrons. The lowest BCUT2D eigenvalue weighted by molar-refractivity contribution is 0.0312. The van der Waals surface area contributed by atoms with Crippen LogP contribution in [0.2, 0.25) is 0 Å². The van der Waals surface area contributed by atoms with Gasteiger partial charge in [-0.25, -0.2) is 0 Å². The molecule has 2 nitrogen and oxygen atoms in total. The fourth-order valence-corrected chi connectivity index (χ4v) is 3.72. The van der Waals surface area contributed by atoms with Crippen LogP contribution in [-0.2, 0) is 6.42 Å². The zero-order valence-electron chi connectivity index (χ0n) is 13.0. The van der Waals surface area contributed by atoms with Crippen LogP contribution in [0, 0.1) is 11.3 Å². The largest absolute Gasteiger partial charge is 0.396 e. The predicted molar refractivity (Wildman–Crippen MR) is 84.8 cm³/mol. The van der Waals surface area contributed by atoms with Crippen molar-refractivity contribution in [1.82, 2.24) is 4.90 Å². The van der Waals surface area contributed by atoms with Crippen LogP contribution in [0.25, 0.3) is 0 Å². The standard InChI is InChI=1S/C18H29NO/c1-16-7-6-11-18(13-16,15-20)14-19(2)12-10-17-8-4-3-5-9-17/h3-5,8-9,16,20H,6-7,10-15H2,1-2H3. The smallest absolute Gasteiger partial charge is 0.0499 e. The number of nitrogens with zero attached hydrogens (tertiary/aromatic N) is 1. The Bertz CT molecular complexity index is 392. The lowest BCUT2D eigenvalue weighted by atomic mass is 9.70. The van der Waals surface area contributed by atoms with E-state index in [1.54, 1.807) is 0 Å². The van der Waals surface area contributed by atoms with Crippen molar-refractivity contribution in [2.75, 3.05) is 26.7 Å². The molecule has 2 heteroatoms. The minimum Gasteiger partial charge on any atom is -0.396 e. The van der Waals surface area contributed by atoms with Crippen molar-refractivity contribution in [3.63, 3.8) is 0 Å². The molecule has 1 aromatic rings. The van der Waals surface area contributed by atoms with Crippen molar-refractivity contribution >= 4 is 0 Å². The minimum absolute atomic E-state index is 0.142. The Labute approximate surface area is 123 Å². The lowest BCUT2D eigenvalue weighted by Crippen LogP contribution is -2.42. The summed E-state index contributed by atoms with van der Waals surface area (Å²) < 4.78 is 0. The van der Waals surface area contributed by atoms with E-state index in [4.69, 9.17) is 0 Å². The van der Waals surface area contributed by atoms with E-state index in [0.29, 0.717) is 6.61 Å². The van der Waals surface area contributed by atoms with Crippen LogP contribution in [0.1, 0.15) is 38.2 Å². The van der Waals surface area contributed by atoms with Crippen LogP contribution in [0.3, 0.4) is 0 Å². The van der Waals surface area contributed by atoms with Crippen LogP contribution in [0.15, 0.2) is 30.3 Å². The highest BCUT2D eigenvalue weighted by atomic mass is 16.3. The molecule has 1 N–H and O–H groups in total. The maximum absolute atomic E-state index is 9.87. The highest BCUT2D eigenvalue weighted by molar-refractivity contribution is 5.14. The monoisotopic (exact) mass is 275 g/mol. The molecular formula is C18H29NO. The molecule has 1 aliphatic rings. The van der Waals surface area contributed by atoms with Crippen LogP contribution in [-0.4, -0.2) is 36.8 Å². The number of hydrogen-bond acceptors (Lipinski definition) is 2. The summed E-state index contributed by atoms with van der Waals surface area (Å²) in [5, 5.41) is 9.87. The van der Waals surface area contributed by atoms with E-state index in [-0.39, 0.29) is 5.41 Å². The van der Waals surface area contributed by atoms with E-state index in [0.717, 1.165) is 25.4 Å². The van der Waals surface area contributed by atoms with Crippen molar-refractivity contribution in [3.05, 3.63) is 35.9 Å². The molecular weight excluding hydrogens is 246 g/mol. The Balaban J connectivity index is 1.84. The van der Waals surface area contributed by atoms with Crippen molar-refractivity contribution < 1.29 is 5.11 Å². The van der Waals surface area contributed by atoms with E-state index >= 15 is 0 Å². The Morgan fingerprint density at radius 2 is 2.05 bits per heavy atom. The molecule has 0 saturated heterocycles. The molecule has 1 aromatic carbocycles. The van der Waals surface area contributed by atoms with Crippen LogP contribution in [0.5, 0.6) is 0 Å². The van der Waals surface area contributed by atoms with E-state index < -0.39 is 0 Å². The van der Waals surface area contributed by atoms with E-state index in [2.05, 4.69) is 49.2 Å². The molecule has 0 aromatic heterocycles. The summed E-state index contributed by atoms with van der Waals surface area (Å²) in [6, 6.07) is 10.7. The molecule has 0 radical (unpaired) electrons. The third kappa shape index (κ3) is 4.32. The van der Waals surface area contributed by atoms with Crippen LogP contribution >= 0.6 is 0 Å². The molecule has 0 spiro atoms. The number of likely N-dealkylation sites (N-methyl/N-ethyl adjacent to an activating group) is 1. The molecule has 20 heavy (non-hydrogen) atoms. The third-order valence-electron chi connectivity index (χ3n) is 4.75. The Morgan fingerprint density at radius 3 is 2.70 bits per heavy atom. The van der Waals surface area contributed by atoms with Gasteiger partial charge in [0, 0.05) is 25.1 Å². The first-order valence-corrected chi connectivity index (χ1v) is 7.97. The molecule has 2 atom stereocenters. The second-order valence-corrected chi connectivity index (χ2v) is 6.83. The first-order chi connectivity index (χ1) is 9.63. The molecule has 1 fully saturated rings. The molecule has 0 aliphatic heterocycles. The number of aliphatic hydroxyl groups is 1. The quantitative estimate of drug-likeness (QED) is 0.860. The average Bonchev–Trinajstić information content (AvgIpc) is 2.46. The van der Waals surface area contributed by atoms with Crippen molar-refractivity contribution in [1.29, 1.82) is 0 Å². The normalized spacial score (nSPS) is 26.9. The second kappa shape index (κ2) is 7.24. The maximum atomic E-state index is 9.87. The molecule has 2 unspecified atom stereocenters. The SMILES string of the molecule is CC1CCCC(CO)(CN(C)CCc2ccccc2)C1. The lowest BCUT2D eigenvalue weighted by Gasteiger charge is -2.41. The van der Waals surface area contributed by atoms with Gasteiger partial charge in [0.25, 0.3) is 0 Å². The van der Waals surface area contributed by atoms with Gasteiger partial charge in [0.15, 0.2) is 0 Å². The zero-order chi connectivity index (χ0) is 14.4. The van der Waals surface area contributed by atoms with Crippen molar-refractivity contribution in [2.45, 2.75) is 39.0 Å². The molecule has 1 aliphatic carbocycles. The number of benzene rings is 1. The van der Waals surface area contributed by atoms with E-state index in [1.807, 2.05) is 0 Å². The number of rotatable bonds is 6. The molecule has 0 heterocycles. The van der Waals surface area contributed by atoms with Crippen molar-refractivity contribution in [3.8, 4) is 0 Å². The number of hydrogen-bond donors (Lipinski definition) is 1. The Hall–Kier alpha value is -0.860. The predicted octanol–water partition coefficient (Wildman–Crippen LogP) is 3.35. The summed E-state index contributed by atoms with van der Waals surface area (Å²) in [4.78, 5) is 2.40. The van der Waals surface area contributed by atoms with Gasteiger partial charge in [0.2, 0.25) is 0 Å². The summed E-state index contributed by atoms with van der Waals surface area (Å²) in [5.74, 6) is 0.762. The molecule has 1 saturated carbocycles. The fourth-order valence-electron chi connectivity index (χ4n) is 3.72. The van der Waals surface area contributed by atoms with E-state index in [1.165, 1.54) is 31.2 Å². The minimum atomic E-state index is 0.142. The van der Waals surface area contributed by atoms with Crippen LogP contribution in [0.4, 0.5) is 0 Å².